The summed E-state index contributed by atoms with van der Waals surface area (Å²) < 4.78 is 0. The number of benzene rings is 2. The van der Waals surface area contributed by atoms with Crippen molar-refractivity contribution in [2.75, 3.05) is 17.2 Å². The Bertz CT molecular complexity index is 832. The Labute approximate surface area is 164 Å². The zero-order chi connectivity index (χ0) is 20.5. The van der Waals surface area contributed by atoms with Gasteiger partial charge < -0.3 is 21.3 Å². The van der Waals surface area contributed by atoms with Gasteiger partial charge in [-0.1, -0.05) is 24.3 Å². The van der Waals surface area contributed by atoms with Crippen LogP contribution < -0.4 is 21.3 Å². The Hall–Kier alpha value is -3.35. The molecule has 0 atom stereocenters. The van der Waals surface area contributed by atoms with Gasteiger partial charge in [-0.3, -0.25) is 9.59 Å². The van der Waals surface area contributed by atoms with Crippen molar-refractivity contribution in [3.8, 4) is 0 Å². The van der Waals surface area contributed by atoms with E-state index in [0.717, 1.165) is 11.1 Å². The van der Waals surface area contributed by atoms with Crippen LogP contribution in [0.1, 0.15) is 25.0 Å². The average molecular weight is 382 g/mol. The van der Waals surface area contributed by atoms with Crippen LogP contribution >= 0.6 is 0 Å². The fourth-order valence-corrected chi connectivity index (χ4v) is 2.53. The van der Waals surface area contributed by atoms with Gasteiger partial charge in [-0.15, -0.1) is 0 Å². The predicted molar refractivity (Wildman–Crippen MR) is 110 cm³/mol. The van der Waals surface area contributed by atoms with Gasteiger partial charge in [0.05, 0.1) is 13.0 Å². The highest BCUT2D eigenvalue weighted by molar-refractivity contribution is 5.97. The van der Waals surface area contributed by atoms with Crippen LogP contribution in [0.3, 0.4) is 0 Å². The van der Waals surface area contributed by atoms with Crippen LogP contribution in [0.25, 0.3) is 0 Å². The van der Waals surface area contributed by atoms with Gasteiger partial charge in [0.2, 0.25) is 11.8 Å². The first-order valence-corrected chi connectivity index (χ1v) is 9.11. The van der Waals surface area contributed by atoms with Crippen LogP contribution in [0.4, 0.5) is 16.2 Å². The van der Waals surface area contributed by atoms with Crippen molar-refractivity contribution in [2.45, 2.75) is 33.2 Å². The molecule has 0 aliphatic heterocycles. The van der Waals surface area contributed by atoms with E-state index in [1.54, 1.807) is 30.3 Å². The van der Waals surface area contributed by atoms with Crippen molar-refractivity contribution in [1.29, 1.82) is 0 Å². The molecule has 2 rings (SSSR count). The minimum absolute atomic E-state index is 0.0457. The first kappa shape index (κ1) is 21.0. The molecule has 2 aromatic rings. The number of rotatable bonds is 7. The maximum atomic E-state index is 12.0. The number of amides is 4. The number of hydrogen-bond donors (Lipinski definition) is 4. The highest BCUT2D eigenvalue weighted by atomic mass is 16.2. The molecule has 0 radical (unpaired) electrons. The molecule has 0 saturated heterocycles. The van der Waals surface area contributed by atoms with Gasteiger partial charge >= 0.3 is 6.03 Å². The number of carbonyl (C=O) groups is 3. The van der Waals surface area contributed by atoms with E-state index < -0.39 is 6.03 Å². The van der Waals surface area contributed by atoms with Gasteiger partial charge in [0.25, 0.3) is 0 Å². The van der Waals surface area contributed by atoms with Crippen LogP contribution in [0.15, 0.2) is 48.5 Å². The summed E-state index contributed by atoms with van der Waals surface area (Å²) in [5, 5.41) is 10.7. The van der Waals surface area contributed by atoms with E-state index >= 15 is 0 Å². The van der Waals surface area contributed by atoms with Crippen LogP contribution in [0.5, 0.6) is 0 Å². The number of urea groups is 1. The molecule has 4 N–H and O–H groups in total. The van der Waals surface area contributed by atoms with E-state index in [-0.39, 0.29) is 30.8 Å². The molecule has 0 fully saturated rings. The maximum absolute atomic E-state index is 12.0. The molecule has 28 heavy (non-hydrogen) atoms. The van der Waals surface area contributed by atoms with Gasteiger partial charge in [-0.2, -0.15) is 0 Å². The summed E-state index contributed by atoms with van der Waals surface area (Å²) in [5.74, 6) is -0.389. The molecule has 0 aliphatic carbocycles. The lowest BCUT2D eigenvalue weighted by atomic mass is 10.1. The summed E-state index contributed by atoms with van der Waals surface area (Å²) in [6.45, 7) is 5.59. The molecule has 0 bridgehead atoms. The van der Waals surface area contributed by atoms with Crippen LogP contribution in [-0.2, 0) is 16.0 Å². The van der Waals surface area contributed by atoms with Gasteiger partial charge in [0.1, 0.15) is 0 Å². The van der Waals surface area contributed by atoms with Crippen molar-refractivity contribution < 1.29 is 14.4 Å². The van der Waals surface area contributed by atoms with Crippen LogP contribution in [-0.4, -0.2) is 30.4 Å². The first-order valence-electron chi connectivity index (χ1n) is 9.11. The number of aryl methyl sites for hydroxylation is 1. The van der Waals surface area contributed by atoms with Crippen molar-refractivity contribution in [3.05, 3.63) is 59.7 Å². The van der Waals surface area contributed by atoms with E-state index in [4.69, 9.17) is 0 Å². The third-order valence-electron chi connectivity index (χ3n) is 3.74. The molecule has 7 nitrogen and oxygen atoms in total. The number of carbonyl (C=O) groups excluding carboxylic acids is 3. The van der Waals surface area contributed by atoms with Crippen molar-refractivity contribution >= 4 is 29.2 Å². The molecule has 7 heteroatoms. The third-order valence-corrected chi connectivity index (χ3v) is 3.74. The van der Waals surface area contributed by atoms with Crippen molar-refractivity contribution in [2.24, 2.45) is 0 Å². The van der Waals surface area contributed by atoms with Gasteiger partial charge in [0, 0.05) is 17.4 Å². The van der Waals surface area contributed by atoms with Gasteiger partial charge in [-0.05, 0) is 56.2 Å². The molecule has 148 valence electrons. The molecule has 4 amide bonds. The minimum atomic E-state index is -0.452. The van der Waals surface area contributed by atoms with Gasteiger partial charge in [-0.25, -0.2) is 4.79 Å². The van der Waals surface area contributed by atoms with Crippen molar-refractivity contribution in [3.63, 3.8) is 0 Å². The summed E-state index contributed by atoms with van der Waals surface area (Å²) in [6.07, 6.45) is 0.285. The minimum Gasteiger partial charge on any atom is -0.354 e. The molecular weight excluding hydrogens is 356 g/mol. The fourth-order valence-electron chi connectivity index (χ4n) is 2.53. The lowest BCUT2D eigenvalue weighted by Crippen LogP contribution is -2.35. The number of hydrogen-bond acceptors (Lipinski definition) is 3. The SMILES string of the molecule is Cc1cccc(NC(=O)NCC(=O)Nc2ccc(CC(=O)NC(C)C)cc2)c1. The average Bonchev–Trinajstić information content (AvgIpc) is 2.61. The first-order chi connectivity index (χ1) is 13.3. The normalized spacial score (nSPS) is 10.3. The van der Waals surface area contributed by atoms with E-state index in [1.807, 2.05) is 39.0 Å². The zero-order valence-corrected chi connectivity index (χ0v) is 16.3. The predicted octanol–water partition coefficient (Wildman–Crippen LogP) is 2.82. The Kier molecular flexibility index (Phi) is 7.56. The van der Waals surface area contributed by atoms with Crippen LogP contribution in [0.2, 0.25) is 0 Å². The van der Waals surface area contributed by atoms with Crippen molar-refractivity contribution in [1.82, 2.24) is 10.6 Å². The summed E-state index contributed by atoms with van der Waals surface area (Å²) in [5.41, 5.74) is 3.14. The quantitative estimate of drug-likeness (QED) is 0.592. The second kappa shape index (κ2) is 10.1. The summed E-state index contributed by atoms with van der Waals surface area (Å²) >= 11 is 0. The third kappa shape index (κ3) is 7.49. The second-order valence-corrected chi connectivity index (χ2v) is 6.82. The van der Waals surface area contributed by atoms with E-state index in [0.29, 0.717) is 11.4 Å². The summed E-state index contributed by atoms with van der Waals surface area (Å²) in [4.78, 5) is 35.6. The maximum Gasteiger partial charge on any atom is 0.319 e. The Morgan fingerprint density at radius 2 is 1.61 bits per heavy atom. The molecule has 2 aromatic carbocycles. The molecular formula is C21H26N4O3. The van der Waals surface area contributed by atoms with E-state index in [9.17, 15) is 14.4 Å². The molecule has 0 unspecified atom stereocenters. The number of anilines is 2. The summed E-state index contributed by atoms with van der Waals surface area (Å²) in [6, 6.07) is 14.0. The largest absolute Gasteiger partial charge is 0.354 e. The van der Waals surface area contributed by atoms with E-state index in [1.165, 1.54) is 0 Å². The Morgan fingerprint density at radius 3 is 2.25 bits per heavy atom. The van der Waals surface area contributed by atoms with Crippen LogP contribution in [0, 0.1) is 6.92 Å². The molecule has 0 heterocycles. The highest BCUT2D eigenvalue weighted by Gasteiger charge is 2.08. The zero-order valence-electron chi connectivity index (χ0n) is 16.3. The molecule has 0 aromatic heterocycles. The fraction of sp³-hybridized carbons (Fsp3) is 0.286. The Morgan fingerprint density at radius 1 is 0.893 bits per heavy atom. The lowest BCUT2D eigenvalue weighted by Gasteiger charge is -2.10. The lowest BCUT2D eigenvalue weighted by molar-refractivity contribution is -0.121. The Balaban J connectivity index is 1.76. The second-order valence-electron chi connectivity index (χ2n) is 6.82. The molecule has 0 saturated carbocycles. The monoisotopic (exact) mass is 382 g/mol. The molecule has 0 spiro atoms. The van der Waals surface area contributed by atoms with Gasteiger partial charge in [0.15, 0.2) is 0 Å². The topological polar surface area (TPSA) is 99.3 Å². The standard InChI is InChI=1S/C21H26N4O3/c1-14(2)23-19(26)12-16-7-9-17(10-8-16)24-20(27)13-22-21(28)25-18-6-4-5-15(3)11-18/h4-11,14H,12-13H2,1-3H3,(H,23,26)(H,24,27)(H2,22,25,28). The highest BCUT2D eigenvalue weighted by Crippen LogP contribution is 2.11. The summed E-state index contributed by atoms with van der Waals surface area (Å²) in [7, 11) is 0. The smallest absolute Gasteiger partial charge is 0.319 e. The number of nitrogens with one attached hydrogen (secondary N) is 4. The molecule has 0 aliphatic rings. The van der Waals surface area contributed by atoms with E-state index in [2.05, 4.69) is 21.3 Å².